The average molecular weight is 320 g/mol. The van der Waals surface area contributed by atoms with Gasteiger partial charge in [-0.1, -0.05) is 37.3 Å². The van der Waals surface area contributed by atoms with Crippen LogP contribution in [0.25, 0.3) is 5.57 Å². The first-order valence-corrected chi connectivity index (χ1v) is 8.65. The van der Waals surface area contributed by atoms with Crippen LogP contribution in [-0.2, 0) is 12.8 Å². The van der Waals surface area contributed by atoms with Gasteiger partial charge in [-0.2, -0.15) is 0 Å². The average Bonchev–Trinajstić information content (AvgIpc) is 2.89. The first-order chi connectivity index (χ1) is 11.5. The number of pyridine rings is 1. The molecule has 2 nitrogen and oxygen atoms in total. The molecule has 0 bridgehead atoms. The van der Waals surface area contributed by atoms with Crippen molar-refractivity contribution < 1.29 is 0 Å². The van der Waals surface area contributed by atoms with Gasteiger partial charge in [0.1, 0.15) is 0 Å². The summed E-state index contributed by atoms with van der Waals surface area (Å²) in [6.45, 7) is 15.5. The second-order valence-corrected chi connectivity index (χ2v) is 6.42. The van der Waals surface area contributed by atoms with Gasteiger partial charge in [0.25, 0.3) is 0 Å². The van der Waals surface area contributed by atoms with Gasteiger partial charge in [-0.15, -0.1) is 0 Å². The van der Waals surface area contributed by atoms with Crippen LogP contribution in [0, 0.1) is 0 Å². The van der Waals surface area contributed by atoms with Crippen LogP contribution < -0.4 is 0 Å². The van der Waals surface area contributed by atoms with Gasteiger partial charge >= 0.3 is 0 Å². The zero-order chi connectivity index (χ0) is 17.7. The lowest BCUT2D eigenvalue weighted by atomic mass is 9.93. The number of rotatable bonds is 6. The molecule has 1 aliphatic heterocycles. The lowest BCUT2D eigenvalue weighted by Crippen LogP contribution is -2.03. The molecule has 1 aromatic rings. The first kappa shape index (κ1) is 18.1. The molecule has 0 unspecified atom stereocenters. The molecule has 0 saturated heterocycles. The molecule has 0 atom stereocenters. The van der Waals surface area contributed by atoms with Gasteiger partial charge in [-0.05, 0) is 63.3 Å². The molecular weight excluding hydrogens is 292 g/mol. The predicted molar refractivity (Wildman–Crippen MR) is 106 cm³/mol. The van der Waals surface area contributed by atoms with Crippen LogP contribution >= 0.6 is 0 Å². The van der Waals surface area contributed by atoms with Gasteiger partial charge < -0.3 is 0 Å². The fraction of sp³-hybridized carbons (Fsp3) is 0.364. The second-order valence-electron chi connectivity index (χ2n) is 6.42. The molecular formula is C22H28N2. The van der Waals surface area contributed by atoms with Gasteiger partial charge in [-0.3, -0.25) is 9.98 Å². The quantitative estimate of drug-likeness (QED) is 0.634. The largest absolute Gasteiger partial charge is 0.285 e. The zero-order valence-electron chi connectivity index (χ0n) is 15.6. The molecule has 0 aromatic carbocycles. The summed E-state index contributed by atoms with van der Waals surface area (Å²) in [5, 5.41) is 0. The van der Waals surface area contributed by atoms with Crippen molar-refractivity contribution in [3.05, 3.63) is 70.6 Å². The van der Waals surface area contributed by atoms with Crippen molar-refractivity contribution in [1.29, 1.82) is 0 Å². The van der Waals surface area contributed by atoms with Crippen molar-refractivity contribution in [1.82, 2.24) is 4.98 Å². The third-order valence-electron chi connectivity index (χ3n) is 4.44. The van der Waals surface area contributed by atoms with Crippen molar-refractivity contribution in [3.63, 3.8) is 0 Å². The Hall–Kier alpha value is -2.22. The predicted octanol–water partition coefficient (Wildman–Crippen LogP) is 5.51. The second kappa shape index (κ2) is 8.05. The molecule has 0 radical (unpaired) electrons. The van der Waals surface area contributed by atoms with E-state index in [0.717, 1.165) is 36.4 Å². The molecule has 24 heavy (non-hydrogen) atoms. The Labute approximate surface area is 146 Å². The van der Waals surface area contributed by atoms with E-state index < -0.39 is 0 Å². The summed E-state index contributed by atoms with van der Waals surface area (Å²) in [6.07, 6.45) is 10.1. The topological polar surface area (TPSA) is 25.2 Å². The van der Waals surface area contributed by atoms with Crippen LogP contribution in [0.3, 0.4) is 0 Å². The van der Waals surface area contributed by atoms with Crippen LogP contribution in [0.4, 0.5) is 0 Å². The number of nitrogens with zero attached hydrogens (tertiary/aromatic N) is 2. The van der Waals surface area contributed by atoms with E-state index in [1.807, 2.05) is 19.2 Å². The van der Waals surface area contributed by atoms with Crippen LogP contribution in [0.2, 0.25) is 0 Å². The molecule has 2 rings (SSSR count). The highest BCUT2D eigenvalue weighted by Crippen LogP contribution is 2.28. The summed E-state index contributed by atoms with van der Waals surface area (Å²) in [5.41, 5.74) is 9.71. The normalized spacial score (nSPS) is 15.4. The third-order valence-corrected chi connectivity index (χ3v) is 4.44. The Morgan fingerprint density at radius 1 is 1.33 bits per heavy atom. The highest BCUT2D eigenvalue weighted by atomic mass is 14.8. The van der Waals surface area contributed by atoms with E-state index in [4.69, 9.17) is 4.98 Å². The van der Waals surface area contributed by atoms with Crippen LogP contribution in [0.1, 0.15) is 51.4 Å². The minimum absolute atomic E-state index is 0.810. The number of aromatic nitrogens is 1. The molecule has 2 heteroatoms. The van der Waals surface area contributed by atoms with Crippen molar-refractivity contribution in [3.8, 4) is 0 Å². The van der Waals surface area contributed by atoms with Gasteiger partial charge in [0.2, 0.25) is 0 Å². The fourth-order valence-corrected chi connectivity index (χ4v) is 3.08. The lowest BCUT2D eigenvalue weighted by molar-refractivity contribution is 0.970. The van der Waals surface area contributed by atoms with E-state index in [0.29, 0.717) is 0 Å². The number of hydrogen-bond acceptors (Lipinski definition) is 2. The zero-order valence-corrected chi connectivity index (χ0v) is 15.6. The van der Waals surface area contributed by atoms with E-state index in [9.17, 15) is 0 Å². The van der Waals surface area contributed by atoms with Gasteiger partial charge in [-0.25, -0.2) is 0 Å². The maximum absolute atomic E-state index is 4.74. The summed E-state index contributed by atoms with van der Waals surface area (Å²) in [4.78, 5) is 9.30. The van der Waals surface area contributed by atoms with Gasteiger partial charge in [0, 0.05) is 28.7 Å². The Bertz CT molecular complexity index is 758. The summed E-state index contributed by atoms with van der Waals surface area (Å²) in [5.74, 6) is 0. The number of aryl methyl sites for hydroxylation is 1. The Kier molecular flexibility index (Phi) is 6.08. The summed E-state index contributed by atoms with van der Waals surface area (Å²) in [6, 6.07) is 2.29. The molecule has 0 amide bonds. The smallest absolute Gasteiger partial charge is 0.0610 e. The van der Waals surface area contributed by atoms with Crippen LogP contribution in [-0.4, -0.2) is 17.2 Å². The van der Waals surface area contributed by atoms with Crippen molar-refractivity contribution in [2.45, 2.75) is 47.5 Å². The van der Waals surface area contributed by atoms with E-state index >= 15 is 0 Å². The maximum Gasteiger partial charge on any atom is 0.0610 e. The first-order valence-electron chi connectivity index (χ1n) is 8.65. The van der Waals surface area contributed by atoms with Gasteiger partial charge in [0.15, 0.2) is 0 Å². The molecule has 2 heterocycles. The van der Waals surface area contributed by atoms with Gasteiger partial charge in [0.05, 0.1) is 6.54 Å². The Morgan fingerprint density at radius 3 is 2.62 bits per heavy atom. The monoisotopic (exact) mass is 320 g/mol. The van der Waals surface area contributed by atoms with Crippen molar-refractivity contribution in [2.75, 3.05) is 6.54 Å². The Morgan fingerprint density at radius 2 is 2.08 bits per heavy atom. The number of aliphatic imine (C=N–C) groups is 1. The van der Waals surface area contributed by atoms with Crippen molar-refractivity contribution in [2.24, 2.45) is 4.99 Å². The molecule has 0 aliphatic carbocycles. The maximum atomic E-state index is 4.74. The highest BCUT2D eigenvalue weighted by Gasteiger charge is 2.17. The summed E-state index contributed by atoms with van der Waals surface area (Å²) >= 11 is 0. The molecule has 0 N–H and O–H groups in total. The Balaban J connectivity index is 2.45. The summed E-state index contributed by atoms with van der Waals surface area (Å²) < 4.78 is 0. The third kappa shape index (κ3) is 4.00. The molecule has 0 spiro atoms. The molecule has 1 aromatic heterocycles. The minimum atomic E-state index is 0.810. The van der Waals surface area contributed by atoms with Crippen LogP contribution in [0.5, 0.6) is 0 Å². The standard InChI is InChI=1S/C22H28N2/c1-7-9-10-18(15(3)4)11-19-12-20(14-24-21(19)8-2)22-16(5)13-23-17(22)6/h7,9-10,12,14H,3,8,11,13H2,1-2,4-6H3/b9-7-,18-10-. The SMILES string of the molecule is C=C(C)/C(=C\C=C/C)Cc1cc(C2=C(C)CN=C2C)cnc1CC. The molecule has 126 valence electrons. The van der Waals surface area contributed by atoms with Crippen LogP contribution in [0.15, 0.2) is 58.8 Å². The highest BCUT2D eigenvalue weighted by molar-refractivity contribution is 6.25. The van der Waals surface area contributed by atoms with E-state index in [2.05, 4.69) is 57.5 Å². The number of allylic oxidation sites excluding steroid dienone is 6. The fourth-order valence-electron chi connectivity index (χ4n) is 3.08. The lowest BCUT2D eigenvalue weighted by Gasteiger charge is -2.14. The van der Waals surface area contributed by atoms with E-state index in [1.54, 1.807) is 0 Å². The minimum Gasteiger partial charge on any atom is -0.285 e. The van der Waals surface area contributed by atoms with Crippen molar-refractivity contribution >= 4 is 11.3 Å². The molecule has 1 aliphatic rings. The molecule has 0 fully saturated rings. The number of hydrogen-bond donors (Lipinski definition) is 0. The summed E-state index contributed by atoms with van der Waals surface area (Å²) in [7, 11) is 0. The molecule has 0 saturated carbocycles. The van der Waals surface area contributed by atoms with E-state index in [1.165, 1.54) is 27.8 Å². The van der Waals surface area contributed by atoms with E-state index in [-0.39, 0.29) is 0 Å².